The topological polar surface area (TPSA) is 214 Å². The molecule has 268 valence electrons. The molecule has 0 heterocycles. The fourth-order valence-corrected chi connectivity index (χ4v) is 12.9. The minimum atomic E-state index is -5.58. The van der Waals surface area contributed by atoms with Gasteiger partial charge in [-0.1, -0.05) is 46.5 Å². The van der Waals surface area contributed by atoms with Crippen LogP contribution < -0.4 is 5.32 Å². The number of rotatable bonds is 13. The van der Waals surface area contributed by atoms with E-state index in [4.69, 9.17) is 4.74 Å². The standard InChI is InChI=1S/C32H59NO11P2/c1-5-6-7-8-14-31(4,36)27-11-10-23-22-20-26(25-19-21(34)12-16-29(25,2)24(22)13-17-30(23,27)3)44-28(35)33-18-9-15-32(37,45(38,39)40)46(41,42)43/h21-27,34,36-37H,5-20H2,1-4H3,(H,33,35)(H2,38,39,40)(H2,41,42,43). The molecule has 4 aliphatic rings. The van der Waals surface area contributed by atoms with Crippen molar-refractivity contribution < 1.29 is 53.6 Å². The van der Waals surface area contributed by atoms with Crippen molar-refractivity contribution in [2.45, 2.75) is 147 Å². The van der Waals surface area contributed by atoms with E-state index in [1.165, 1.54) is 6.42 Å². The Kier molecular flexibility index (Phi) is 11.6. The second-order valence-electron chi connectivity index (χ2n) is 15.8. The van der Waals surface area contributed by atoms with E-state index in [9.17, 15) is 48.8 Å². The molecule has 10 atom stereocenters. The molecule has 0 saturated heterocycles. The second kappa shape index (κ2) is 14.0. The Morgan fingerprint density at radius 2 is 1.48 bits per heavy atom. The summed E-state index contributed by atoms with van der Waals surface area (Å²) in [5, 5.41) is 31.6. The summed E-state index contributed by atoms with van der Waals surface area (Å²) in [4.78, 5) is 50.6. The lowest BCUT2D eigenvalue weighted by Gasteiger charge is -2.62. The summed E-state index contributed by atoms with van der Waals surface area (Å²) >= 11 is 0. The predicted octanol–water partition coefficient (Wildman–Crippen LogP) is 5.21. The third kappa shape index (κ3) is 7.32. The molecule has 12 nitrogen and oxygen atoms in total. The van der Waals surface area contributed by atoms with E-state index < -0.39 is 50.6 Å². The molecule has 4 saturated carbocycles. The van der Waals surface area contributed by atoms with Gasteiger partial charge in [-0.15, -0.1) is 0 Å². The third-order valence-electron chi connectivity index (χ3n) is 13.1. The maximum atomic E-state index is 13.1. The number of amides is 1. The number of ether oxygens (including phenoxy) is 1. The lowest BCUT2D eigenvalue weighted by Crippen LogP contribution is -2.60. The quantitative estimate of drug-likeness (QED) is 0.0924. The van der Waals surface area contributed by atoms with E-state index in [0.717, 1.165) is 57.8 Å². The molecule has 10 unspecified atom stereocenters. The minimum Gasteiger partial charge on any atom is -0.446 e. The molecule has 14 heteroatoms. The number of nitrogens with one attached hydrogen (secondary N) is 1. The zero-order chi connectivity index (χ0) is 34.3. The number of unbranched alkanes of at least 4 members (excludes halogenated alkanes) is 3. The van der Waals surface area contributed by atoms with Crippen LogP contribution in [0.4, 0.5) is 4.79 Å². The van der Waals surface area contributed by atoms with Crippen LogP contribution in [0.1, 0.15) is 124 Å². The smallest absolute Gasteiger partial charge is 0.407 e. The van der Waals surface area contributed by atoms with E-state index in [-0.39, 0.29) is 35.6 Å². The van der Waals surface area contributed by atoms with Crippen LogP contribution in [0.25, 0.3) is 0 Å². The highest BCUT2D eigenvalue weighted by Crippen LogP contribution is 2.70. The molecule has 0 aliphatic heterocycles. The number of alkyl carbamates (subject to hydrolysis) is 1. The van der Waals surface area contributed by atoms with Crippen molar-refractivity contribution in [3.05, 3.63) is 0 Å². The zero-order valence-corrected chi connectivity index (χ0v) is 29.8. The molecule has 0 aromatic carbocycles. The van der Waals surface area contributed by atoms with E-state index in [2.05, 4.69) is 26.1 Å². The summed E-state index contributed by atoms with van der Waals surface area (Å²) in [7, 11) is -11.2. The van der Waals surface area contributed by atoms with Crippen molar-refractivity contribution in [3.63, 3.8) is 0 Å². The third-order valence-corrected chi connectivity index (χ3v) is 16.9. The fourth-order valence-electron chi connectivity index (χ4n) is 10.6. The van der Waals surface area contributed by atoms with Gasteiger partial charge in [-0.2, -0.15) is 0 Å². The molecular formula is C32H59NO11P2. The summed E-state index contributed by atoms with van der Waals surface area (Å²) < 4.78 is 29.4. The number of hydrogen-bond donors (Lipinski definition) is 8. The first kappa shape index (κ1) is 38.3. The first-order valence-corrected chi connectivity index (χ1v) is 20.6. The summed E-state index contributed by atoms with van der Waals surface area (Å²) in [6.07, 6.45) is 9.21. The number of aliphatic hydroxyl groups excluding tert-OH is 1. The normalized spacial score (nSPS) is 37.8. The Hall–Kier alpha value is -0.550. The largest absolute Gasteiger partial charge is 0.446 e. The molecule has 0 bridgehead atoms. The van der Waals surface area contributed by atoms with Gasteiger partial charge in [-0.05, 0) is 106 Å². The van der Waals surface area contributed by atoms with Crippen molar-refractivity contribution in [3.8, 4) is 0 Å². The van der Waals surface area contributed by atoms with Crippen molar-refractivity contribution >= 4 is 21.3 Å². The fraction of sp³-hybridized carbons (Fsp3) is 0.969. The monoisotopic (exact) mass is 695 g/mol. The van der Waals surface area contributed by atoms with Gasteiger partial charge >= 0.3 is 21.3 Å². The number of carbonyl (C=O) groups excluding carboxylic acids is 1. The van der Waals surface area contributed by atoms with Gasteiger partial charge in [-0.25, -0.2) is 4.79 Å². The lowest BCUT2D eigenvalue weighted by atomic mass is 9.43. The molecule has 8 N–H and O–H groups in total. The Morgan fingerprint density at radius 1 is 0.848 bits per heavy atom. The zero-order valence-electron chi connectivity index (χ0n) is 28.0. The highest BCUT2D eigenvalue weighted by atomic mass is 31.2. The van der Waals surface area contributed by atoms with E-state index in [1.807, 2.05) is 6.92 Å². The minimum absolute atomic E-state index is 0.0197. The second-order valence-corrected chi connectivity index (χ2v) is 19.8. The van der Waals surface area contributed by atoms with Crippen LogP contribution in [0.2, 0.25) is 0 Å². The molecule has 4 aliphatic carbocycles. The number of carbonyl (C=O) groups is 1. The molecule has 0 radical (unpaired) electrons. The van der Waals surface area contributed by atoms with Gasteiger partial charge in [-0.3, -0.25) is 9.13 Å². The first-order chi connectivity index (χ1) is 21.2. The van der Waals surface area contributed by atoms with Crippen LogP contribution >= 0.6 is 15.2 Å². The number of fused-ring (bicyclic) bond motifs is 5. The molecular weight excluding hydrogens is 636 g/mol. The van der Waals surface area contributed by atoms with E-state index in [0.29, 0.717) is 37.0 Å². The van der Waals surface area contributed by atoms with Gasteiger partial charge < -0.3 is 44.9 Å². The molecule has 4 fully saturated rings. The summed E-state index contributed by atoms with van der Waals surface area (Å²) in [6, 6.07) is 0. The molecule has 0 aromatic heterocycles. The van der Waals surface area contributed by atoms with Crippen LogP contribution in [-0.4, -0.2) is 70.4 Å². The maximum Gasteiger partial charge on any atom is 0.407 e. The molecule has 0 aromatic rings. The number of hydrogen-bond acceptors (Lipinski definition) is 7. The van der Waals surface area contributed by atoms with Crippen molar-refractivity contribution in [1.29, 1.82) is 0 Å². The van der Waals surface area contributed by atoms with Crippen LogP contribution in [0.5, 0.6) is 0 Å². The Bertz CT molecular complexity index is 1150. The van der Waals surface area contributed by atoms with Crippen molar-refractivity contribution in [2.24, 2.45) is 40.4 Å². The lowest BCUT2D eigenvalue weighted by molar-refractivity contribution is -0.179. The molecule has 46 heavy (non-hydrogen) atoms. The molecule has 1 amide bonds. The van der Waals surface area contributed by atoms with Gasteiger partial charge in [0.05, 0.1) is 11.7 Å². The van der Waals surface area contributed by atoms with Gasteiger partial charge in [0.1, 0.15) is 6.10 Å². The van der Waals surface area contributed by atoms with Crippen LogP contribution in [0.15, 0.2) is 0 Å². The summed E-state index contributed by atoms with van der Waals surface area (Å²) in [5.74, 6) is 1.28. The highest BCUT2D eigenvalue weighted by Gasteiger charge is 2.64. The molecule has 0 spiro atoms. The average Bonchev–Trinajstić information content (AvgIpc) is 3.31. The van der Waals surface area contributed by atoms with Gasteiger partial charge in [0.15, 0.2) is 0 Å². The van der Waals surface area contributed by atoms with Gasteiger partial charge in [0.25, 0.3) is 5.08 Å². The Labute approximate surface area is 273 Å². The first-order valence-electron chi connectivity index (χ1n) is 17.4. The van der Waals surface area contributed by atoms with Crippen LogP contribution in [0, 0.1) is 40.4 Å². The molecule has 4 rings (SSSR count). The summed E-state index contributed by atoms with van der Waals surface area (Å²) in [6.45, 7) is 8.65. The van der Waals surface area contributed by atoms with E-state index in [1.54, 1.807) is 0 Å². The number of aliphatic hydroxyl groups is 3. The highest BCUT2D eigenvalue weighted by molar-refractivity contribution is 7.72. The van der Waals surface area contributed by atoms with Crippen LogP contribution in [-0.2, 0) is 13.9 Å². The SMILES string of the molecule is CCCCCCC(C)(O)C1CCC2C3CC(OC(=O)NCCCC(O)(P(=O)(O)O)P(=O)(O)O)C4CC(O)CCC4(C)C3CCC21C. The predicted molar refractivity (Wildman–Crippen MR) is 173 cm³/mol. The Balaban J connectivity index is 1.47. The Morgan fingerprint density at radius 3 is 2.11 bits per heavy atom. The van der Waals surface area contributed by atoms with Gasteiger partial charge in [0.2, 0.25) is 0 Å². The summed E-state index contributed by atoms with van der Waals surface area (Å²) in [5.41, 5.74) is -0.881. The van der Waals surface area contributed by atoms with Crippen molar-refractivity contribution in [1.82, 2.24) is 5.32 Å². The van der Waals surface area contributed by atoms with Gasteiger partial charge in [0, 0.05) is 18.9 Å². The van der Waals surface area contributed by atoms with Crippen LogP contribution in [0.3, 0.4) is 0 Å². The maximum absolute atomic E-state index is 13.1. The van der Waals surface area contributed by atoms with E-state index >= 15 is 0 Å². The average molecular weight is 696 g/mol. The van der Waals surface area contributed by atoms with Crippen molar-refractivity contribution in [2.75, 3.05) is 6.54 Å².